The van der Waals surface area contributed by atoms with Crippen LogP contribution in [0.15, 0.2) is 60.6 Å². The molecule has 2 aromatic rings. The number of halogens is 2. The van der Waals surface area contributed by atoms with Crippen LogP contribution in [0.25, 0.3) is 10.8 Å². The number of likely N-dealkylation sites (tertiary alicyclic amines) is 1. The number of piperidine rings is 1. The third kappa shape index (κ3) is 5.58. The number of hydrogen-bond donors (Lipinski definition) is 1. The quantitative estimate of drug-likeness (QED) is 0.368. The van der Waals surface area contributed by atoms with Crippen LogP contribution in [0.5, 0.6) is 0 Å². The predicted molar refractivity (Wildman–Crippen MR) is 154 cm³/mol. The van der Waals surface area contributed by atoms with E-state index in [9.17, 15) is 0 Å². The molecule has 4 aliphatic rings. The Hall–Kier alpha value is -1.81. The van der Waals surface area contributed by atoms with Gasteiger partial charge in [0.25, 0.3) is 0 Å². The maximum atomic E-state index is 6.72. The van der Waals surface area contributed by atoms with Gasteiger partial charge in [-0.15, -0.1) is 0 Å². The van der Waals surface area contributed by atoms with Gasteiger partial charge in [0.1, 0.15) is 0 Å². The first-order valence-corrected chi connectivity index (χ1v) is 16.6. The van der Waals surface area contributed by atoms with E-state index in [0.717, 1.165) is 80.2 Å². The van der Waals surface area contributed by atoms with Gasteiger partial charge in [0.2, 0.25) is 0 Å². The molecule has 4 heterocycles. The number of rotatable bonds is 7. The van der Waals surface area contributed by atoms with E-state index in [1.165, 1.54) is 39.6 Å². The molecule has 8 heteroatoms. The molecule has 1 unspecified atom stereocenters. The molecule has 0 bridgehead atoms. The summed E-state index contributed by atoms with van der Waals surface area (Å²) in [6, 6.07) is 13.2. The summed E-state index contributed by atoms with van der Waals surface area (Å²) in [5, 5.41) is 6.66. The zero-order valence-corrected chi connectivity index (χ0v) is 25.3. The molecule has 0 aromatic heterocycles. The molecule has 2 aromatic carbocycles. The molecule has 0 amide bonds. The number of benzene rings is 2. The Balaban J connectivity index is 1.30. The average Bonchev–Trinajstić information content (AvgIpc) is 3.54. The second kappa shape index (κ2) is 11.7. The van der Waals surface area contributed by atoms with Crippen molar-refractivity contribution in [3.05, 3.63) is 60.7 Å². The van der Waals surface area contributed by atoms with E-state index in [-0.39, 0.29) is 21.2 Å². The fraction of sp³-hybridized carbons (Fsp3) is 0.500. The van der Waals surface area contributed by atoms with Crippen molar-refractivity contribution >= 4 is 33.8 Å². The first-order valence-electron chi connectivity index (χ1n) is 13.9. The zero-order valence-electron chi connectivity index (χ0n) is 22.4. The summed E-state index contributed by atoms with van der Waals surface area (Å²) in [6.07, 6.45) is 4.72. The molecule has 2 atom stereocenters. The predicted octanol–water partition coefficient (Wildman–Crippen LogP) is 1.91. The van der Waals surface area contributed by atoms with Crippen molar-refractivity contribution in [2.45, 2.75) is 31.7 Å². The zero-order chi connectivity index (χ0) is 26.1. The summed E-state index contributed by atoms with van der Waals surface area (Å²) in [5.41, 5.74) is 3.80. The Labute approximate surface area is 242 Å². The van der Waals surface area contributed by atoms with Gasteiger partial charge in [0, 0.05) is 0 Å². The van der Waals surface area contributed by atoms with Crippen LogP contribution < -0.4 is 31.4 Å². The third-order valence-corrected chi connectivity index (χ3v) is 11.6. The molecular formula is C30H38ClIN5O-. The van der Waals surface area contributed by atoms with E-state index in [2.05, 4.69) is 62.5 Å². The molecule has 204 valence electrons. The Bertz CT molecular complexity index is 1270. The Morgan fingerprint density at radius 3 is 2.84 bits per heavy atom. The second-order valence-electron chi connectivity index (χ2n) is 11.0. The van der Waals surface area contributed by atoms with E-state index in [1.807, 2.05) is 12.1 Å². The number of hydrogen-bond acceptors (Lipinski definition) is 6. The van der Waals surface area contributed by atoms with Gasteiger partial charge in [0.15, 0.2) is 0 Å². The molecule has 0 radical (unpaired) electrons. The van der Waals surface area contributed by atoms with Gasteiger partial charge in [-0.2, -0.15) is 0 Å². The van der Waals surface area contributed by atoms with Gasteiger partial charge in [-0.25, -0.2) is 0 Å². The molecule has 0 spiro atoms. The van der Waals surface area contributed by atoms with Crippen LogP contribution in [0.4, 0.5) is 5.69 Å². The van der Waals surface area contributed by atoms with Crippen LogP contribution in [0, 0.1) is 5.92 Å². The number of likely N-dealkylation sites (N-methyl/N-ethyl adjacent to an activating group) is 1. The van der Waals surface area contributed by atoms with Crippen molar-refractivity contribution in [3.63, 3.8) is 0 Å². The van der Waals surface area contributed by atoms with Crippen LogP contribution in [0.1, 0.15) is 25.7 Å². The van der Waals surface area contributed by atoms with Gasteiger partial charge in [0.05, 0.1) is 0 Å². The van der Waals surface area contributed by atoms with Gasteiger partial charge < -0.3 is 0 Å². The number of nitrogens with one attached hydrogen (secondary N) is 1. The number of ether oxygens (including phenoxy) is 1. The summed E-state index contributed by atoms with van der Waals surface area (Å²) < 4.78 is 10.3. The standard InChI is InChI=1S/C30H38ClIN5O/c1-35-14-5-8-23(35)20-38-28-16-32-30(36(2)18-21-11-13-33-17-21)24-12-15-37(19-26(24)34-28)27-10-4-7-22-6-3-9-25(31)29(22)27/h3-4,6-7,9-10,16,21,23,33H,5,8,11-15,17-20H2,1-2H3/q-1/t21?,23-/m0/s1. The molecule has 0 aliphatic carbocycles. The molecule has 4 aliphatic heterocycles. The maximum absolute atomic E-state index is 6.72. The molecule has 0 saturated carbocycles. The fourth-order valence-corrected chi connectivity index (χ4v) is 9.01. The number of fused-ring (bicyclic) bond motifs is 2. The van der Waals surface area contributed by atoms with Gasteiger partial charge >= 0.3 is 243 Å². The van der Waals surface area contributed by atoms with Crippen molar-refractivity contribution in [3.8, 4) is 0 Å². The summed E-state index contributed by atoms with van der Waals surface area (Å²) in [6.45, 7) is 7.00. The Kier molecular flexibility index (Phi) is 8.16. The Morgan fingerprint density at radius 2 is 2.05 bits per heavy atom. The van der Waals surface area contributed by atoms with E-state index in [1.54, 1.807) is 0 Å². The second-order valence-corrected chi connectivity index (χ2v) is 13.7. The number of nitrogens with zero attached hydrogens (tertiary/aromatic N) is 4. The molecule has 3 fully saturated rings. The summed E-state index contributed by atoms with van der Waals surface area (Å²) in [5.74, 6) is 1.55. The fourth-order valence-electron chi connectivity index (χ4n) is 6.22. The minimum absolute atomic E-state index is 0.338. The minimum atomic E-state index is -0.338. The van der Waals surface area contributed by atoms with E-state index < -0.39 is 0 Å². The average molecular weight is 647 g/mol. The normalized spacial score (nSPS) is 24.6. The van der Waals surface area contributed by atoms with Crippen molar-refractivity contribution in [2.24, 2.45) is 10.9 Å². The van der Waals surface area contributed by atoms with Gasteiger partial charge in [-0.3, -0.25) is 0 Å². The third-order valence-electron chi connectivity index (χ3n) is 8.36. The first-order chi connectivity index (χ1) is 18.6. The topological polar surface area (TPSA) is 43.3 Å². The molecule has 6 nitrogen and oxygen atoms in total. The van der Waals surface area contributed by atoms with E-state index >= 15 is 0 Å². The van der Waals surface area contributed by atoms with Crippen molar-refractivity contribution in [2.75, 3.05) is 64.9 Å². The van der Waals surface area contributed by atoms with Crippen LogP contribution in [-0.4, -0.2) is 81.5 Å². The first kappa shape index (κ1) is 26.4. The summed E-state index contributed by atoms with van der Waals surface area (Å²) >= 11 is 6.38. The molecular weight excluding hydrogens is 609 g/mol. The van der Waals surface area contributed by atoms with Crippen molar-refractivity contribution in [1.29, 1.82) is 0 Å². The summed E-state index contributed by atoms with van der Waals surface area (Å²) in [4.78, 5) is 12.6. The van der Waals surface area contributed by atoms with E-state index in [0.29, 0.717) is 6.04 Å². The molecule has 38 heavy (non-hydrogen) atoms. The number of anilines is 1. The monoisotopic (exact) mass is 646 g/mol. The van der Waals surface area contributed by atoms with Crippen molar-refractivity contribution in [1.82, 2.24) is 15.1 Å². The van der Waals surface area contributed by atoms with Gasteiger partial charge in [-0.1, -0.05) is 0 Å². The van der Waals surface area contributed by atoms with Crippen LogP contribution in [0.2, 0.25) is 5.02 Å². The summed E-state index contributed by atoms with van der Waals surface area (Å²) in [7, 11) is 4.50. The molecule has 1 N–H and O–H groups in total. The SMILES string of the molecule is CN(CC1CCNC1)C1=C2CCN(c3cccc4cccc(Cl)c34)CC2=NC(OC[C@@H]2CCCN2C)=C[I-]1. The van der Waals surface area contributed by atoms with Crippen LogP contribution in [-0.2, 0) is 4.74 Å². The Morgan fingerprint density at radius 1 is 1.18 bits per heavy atom. The number of aliphatic imine (C=N–C) groups is 1. The van der Waals surface area contributed by atoms with Crippen LogP contribution >= 0.6 is 11.6 Å². The van der Waals surface area contributed by atoms with Crippen LogP contribution in [0.3, 0.4) is 0 Å². The van der Waals surface area contributed by atoms with Crippen molar-refractivity contribution < 1.29 is 25.9 Å². The molecule has 3 saturated heterocycles. The van der Waals surface area contributed by atoms with Gasteiger partial charge in [-0.05, 0) is 0 Å². The van der Waals surface area contributed by atoms with E-state index in [4.69, 9.17) is 21.3 Å². The molecule has 6 rings (SSSR count).